The van der Waals surface area contributed by atoms with Crippen LogP contribution in [0.4, 0.5) is 0 Å². The third-order valence-electron chi connectivity index (χ3n) is 4.05. The fourth-order valence-corrected chi connectivity index (χ4v) is 2.54. The summed E-state index contributed by atoms with van der Waals surface area (Å²) in [5.74, 6) is -0.130. The van der Waals surface area contributed by atoms with Crippen LogP contribution in [-0.4, -0.2) is 60.9 Å². The highest BCUT2D eigenvalue weighted by atomic mass is 16.5. The van der Waals surface area contributed by atoms with Crippen LogP contribution in [0.1, 0.15) is 39.5 Å². The molecule has 1 aliphatic rings. The molecule has 2 amide bonds. The molecule has 6 nitrogen and oxygen atoms in total. The molecule has 1 fully saturated rings. The molecule has 1 saturated heterocycles. The van der Waals surface area contributed by atoms with Crippen LogP contribution in [0.2, 0.25) is 0 Å². The molecular formula is C15H26N2O4. The highest BCUT2D eigenvalue weighted by Gasteiger charge is 2.27. The molecule has 0 radical (unpaired) electrons. The van der Waals surface area contributed by atoms with Crippen molar-refractivity contribution in [2.45, 2.75) is 39.5 Å². The minimum atomic E-state index is -0.370. The maximum atomic E-state index is 12.3. The number of nitrogens with zero attached hydrogens (tertiary/aromatic N) is 2. The average molecular weight is 298 g/mol. The van der Waals surface area contributed by atoms with E-state index < -0.39 is 0 Å². The van der Waals surface area contributed by atoms with E-state index in [1.54, 1.807) is 4.90 Å². The maximum Gasteiger partial charge on any atom is 0.306 e. The molecule has 0 aliphatic carbocycles. The largest absolute Gasteiger partial charge is 0.469 e. The van der Waals surface area contributed by atoms with E-state index in [1.807, 2.05) is 18.7 Å². The van der Waals surface area contributed by atoms with Gasteiger partial charge in [-0.3, -0.25) is 14.4 Å². The molecule has 21 heavy (non-hydrogen) atoms. The summed E-state index contributed by atoms with van der Waals surface area (Å²) in [7, 11) is 1.31. The Balaban J connectivity index is 2.39. The van der Waals surface area contributed by atoms with Gasteiger partial charge in [-0.15, -0.1) is 0 Å². The Morgan fingerprint density at radius 3 is 1.95 bits per heavy atom. The van der Waals surface area contributed by atoms with Gasteiger partial charge in [-0.05, 0) is 12.8 Å². The summed E-state index contributed by atoms with van der Waals surface area (Å²) in [5, 5.41) is 0. The Morgan fingerprint density at radius 1 is 0.952 bits per heavy atom. The molecular weight excluding hydrogens is 272 g/mol. The summed E-state index contributed by atoms with van der Waals surface area (Å²) < 4.78 is 4.52. The second kappa shape index (κ2) is 8.64. The van der Waals surface area contributed by atoms with Crippen LogP contribution in [0, 0.1) is 5.92 Å². The maximum absolute atomic E-state index is 12.3. The molecule has 0 bridgehead atoms. The van der Waals surface area contributed by atoms with Gasteiger partial charge in [-0.25, -0.2) is 0 Å². The van der Waals surface area contributed by atoms with Crippen molar-refractivity contribution in [2.75, 3.05) is 33.3 Å². The molecule has 0 atom stereocenters. The molecule has 0 aromatic carbocycles. The number of ether oxygens (including phenoxy) is 1. The van der Waals surface area contributed by atoms with E-state index in [-0.39, 0.29) is 36.5 Å². The van der Waals surface area contributed by atoms with Crippen molar-refractivity contribution in [3.63, 3.8) is 0 Å². The van der Waals surface area contributed by atoms with E-state index in [0.717, 1.165) is 12.8 Å². The van der Waals surface area contributed by atoms with Gasteiger partial charge in [0.25, 0.3) is 0 Å². The molecule has 0 unspecified atom stereocenters. The van der Waals surface area contributed by atoms with Gasteiger partial charge in [-0.2, -0.15) is 0 Å². The fourth-order valence-electron chi connectivity index (χ4n) is 2.54. The van der Waals surface area contributed by atoms with Crippen LogP contribution >= 0.6 is 0 Å². The van der Waals surface area contributed by atoms with Crippen molar-refractivity contribution in [3.05, 3.63) is 0 Å². The Morgan fingerprint density at radius 2 is 1.48 bits per heavy atom. The van der Waals surface area contributed by atoms with Crippen molar-refractivity contribution in [3.8, 4) is 0 Å². The van der Waals surface area contributed by atoms with Crippen molar-refractivity contribution < 1.29 is 19.1 Å². The standard InChI is InChI=1S/C15H26N2O4/c1-4-12(5-2)15(20)17-10-8-16(9-11-17)13(18)6-7-14(19)21-3/h12H,4-11H2,1-3H3. The first kappa shape index (κ1) is 17.5. The van der Waals surface area contributed by atoms with Crippen LogP contribution < -0.4 is 0 Å². The number of hydrogen-bond acceptors (Lipinski definition) is 4. The predicted molar refractivity (Wildman–Crippen MR) is 78.5 cm³/mol. The topological polar surface area (TPSA) is 66.9 Å². The molecule has 6 heteroatoms. The van der Waals surface area contributed by atoms with Crippen molar-refractivity contribution in [1.82, 2.24) is 9.80 Å². The van der Waals surface area contributed by atoms with Gasteiger partial charge < -0.3 is 14.5 Å². The SMILES string of the molecule is CCC(CC)C(=O)N1CCN(C(=O)CCC(=O)OC)CC1. The summed E-state index contributed by atoms with van der Waals surface area (Å²) in [6.07, 6.45) is 2.00. The molecule has 1 rings (SSSR count). The first-order chi connectivity index (χ1) is 10.0. The van der Waals surface area contributed by atoms with Gasteiger partial charge in [0, 0.05) is 38.5 Å². The number of amides is 2. The van der Waals surface area contributed by atoms with Gasteiger partial charge in [0.1, 0.15) is 0 Å². The Bertz CT molecular complexity index is 372. The number of hydrogen-bond donors (Lipinski definition) is 0. The summed E-state index contributed by atoms with van der Waals surface area (Å²) in [4.78, 5) is 38.8. The number of carbonyl (C=O) groups excluding carboxylic acids is 3. The molecule has 1 heterocycles. The number of carbonyl (C=O) groups is 3. The zero-order chi connectivity index (χ0) is 15.8. The molecule has 1 aliphatic heterocycles. The van der Waals surface area contributed by atoms with Gasteiger partial charge >= 0.3 is 5.97 Å². The van der Waals surface area contributed by atoms with Gasteiger partial charge in [0.05, 0.1) is 13.5 Å². The lowest BCUT2D eigenvalue weighted by Crippen LogP contribution is -2.51. The quantitative estimate of drug-likeness (QED) is 0.687. The first-order valence-corrected chi connectivity index (χ1v) is 7.66. The second-order valence-corrected chi connectivity index (χ2v) is 5.30. The van der Waals surface area contributed by atoms with E-state index in [2.05, 4.69) is 4.74 Å². The smallest absolute Gasteiger partial charge is 0.306 e. The second-order valence-electron chi connectivity index (χ2n) is 5.30. The third-order valence-corrected chi connectivity index (χ3v) is 4.05. The van der Waals surface area contributed by atoms with Crippen LogP contribution in [0.25, 0.3) is 0 Å². The minimum Gasteiger partial charge on any atom is -0.469 e. The van der Waals surface area contributed by atoms with E-state index in [4.69, 9.17) is 0 Å². The Kier molecular flexibility index (Phi) is 7.19. The predicted octanol–water partition coefficient (Wildman–Crippen LogP) is 1.05. The first-order valence-electron chi connectivity index (χ1n) is 7.66. The lowest BCUT2D eigenvalue weighted by Gasteiger charge is -2.36. The lowest BCUT2D eigenvalue weighted by molar-refractivity contribution is -0.145. The van der Waals surface area contributed by atoms with Gasteiger partial charge in [-0.1, -0.05) is 13.8 Å². The van der Waals surface area contributed by atoms with E-state index in [1.165, 1.54) is 7.11 Å². The Labute approximate surface area is 126 Å². The van der Waals surface area contributed by atoms with Crippen LogP contribution in [0.5, 0.6) is 0 Å². The highest BCUT2D eigenvalue weighted by molar-refractivity contribution is 5.82. The van der Waals surface area contributed by atoms with E-state index >= 15 is 0 Å². The minimum absolute atomic E-state index is 0.0463. The monoisotopic (exact) mass is 298 g/mol. The number of esters is 1. The van der Waals surface area contributed by atoms with Gasteiger partial charge in [0.15, 0.2) is 0 Å². The molecule has 0 N–H and O–H groups in total. The highest BCUT2D eigenvalue weighted by Crippen LogP contribution is 2.14. The van der Waals surface area contributed by atoms with Crippen molar-refractivity contribution in [2.24, 2.45) is 5.92 Å². The van der Waals surface area contributed by atoms with Crippen LogP contribution in [0.3, 0.4) is 0 Å². The zero-order valence-corrected chi connectivity index (χ0v) is 13.3. The van der Waals surface area contributed by atoms with Crippen molar-refractivity contribution >= 4 is 17.8 Å². The summed E-state index contributed by atoms with van der Waals surface area (Å²) in [6.45, 7) is 6.31. The third kappa shape index (κ3) is 5.02. The van der Waals surface area contributed by atoms with Crippen LogP contribution in [-0.2, 0) is 19.1 Å². The molecule has 0 aromatic rings. The molecule has 0 saturated carbocycles. The van der Waals surface area contributed by atoms with Crippen LogP contribution in [0.15, 0.2) is 0 Å². The number of piperazine rings is 1. The van der Waals surface area contributed by atoms with Crippen molar-refractivity contribution in [1.29, 1.82) is 0 Å². The average Bonchev–Trinajstić information content (AvgIpc) is 2.53. The number of rotatable bonds is 6. The van der Waals surface area contributed by atoms with E-state index in [0.29, 0.717) is 26.2 Å². The normalized spacial score (nSPS) is 15.2. The summed E-state index contributed by atoms with van der Waals surface area (Å²) in [5.41, 5.74) is 0. The fraction of sp³-hybridized carbons (Fsp3) is 0.800. The van der Waals surface area contributed by atoms with Gasteiger partial charge in [0.2, 0.25) is 11.8 Å². The lowest BCUT2D eigenvalue weighted by atomic mass is 10.0. The number of methoxy groups -OCH3 is 1. The Hall–Kier alpha value is -1.59. The summed E-state index contributed by atoms with van der Waals surface area (Å²) in [6, 6.07) is 0. The molecule has 0 spiro atoms. The molecule has 0 aromatic heterocycles. The van der Waals surface area contributed by atoms with E-state index in [9.17, 15) is 14.4 Å². The molecule has 120 valence electrons. The summed E-state index contributed by atoms with van der Waals surface area (Å²) >= 11 is 0. The zero-order valence-electron chi connectivity index (χ0n) is 13.3.